The van der Waals surface area contributed by atoms with Gasteiger partial charge in [-0.15, -0.1) is 13.2 Å². The average Bonchev–Trinajstić information content (AvgIpc) is 2.18. The second-order valence-corrected chi connectivity index (χ2v) is 4.89. The molecule has 88 valence electrons. The number of nitrogens with two attached hydrogens (primary N) is 2. The molecule has 0 saturated heterocycles. The van der Waals surface area contributed by atoms with Crippen LogP contribution in [-0.2, 0) is 3.63 Å². The van der Waals surface area contributed by atoms with Crippen LogP contribution in [0.3, 0.4) is 0 Å². The maximum absolute atomic E-state index is 5.75. The lowest BCUT2D eigenvalue weighted by Gasteiger charge is -2.09. The Kier molecular flexibility index (Phi) is 10.6. The van der Waals surface area contributed by atoms with Crippen LogP contribution < -0.4 is 11.5 Å². The molecule has 0 amide bonds. The Morgan fingerprint density at radius 3 is 1.73 bits per heavy atom. The molecule has 0 bridgehead atoms. The van der Waals surface area contributed by atoms with Gasteiger partial charge in [-0.25, -0.2) is 3.63 Å². The number of hydrogen-bond acceptors (Lipinski definition) is 5. The molecule has 0 aliphatic rings. The zero-order chi connectivity index (χ0) is 11.5. The van der Waals surface area contributed by atoms with Crippen molar-refractivity contribution in [2.45, 2.75) is 24.9 Å². The molecule has 3 nitrogen and oxygen atoms in total. The van der Waals surface area contributed by atoms with E-state index >= 15 is 0 Å². The zero-order valence-electron chi connectivity index (χ0n) is 8.93. The van der Waals surface area contributed by atoms with E-state index in [2.05, 4.69) is 13.2 Å². The minimum atomic E-state index is 0.120. The molecule has 0 fully saturated rings. The van der Waals surface area contributed by atoms with Gasteiger partial charge in [0.2, 0.25) is 0 Å². The van der Waals surface area contributed by atoms with Crippen molar-refractivity contribution < 1.29 is 3.63 Å². The van der Waals surface area contributed by atoms with Crippen LogP contribution in [0.25, 0.3) is 0 Å². The zero-order valence-corrected chi connectivity index (χ0v) is 10.6. The van der Waals surface area contributed by atoms with E-state index in [0.29, 0.717) is 0 Å². The molecule has 0 spiro atoms. The average molecular weight is 248 g/mol. The Morgan fingerprint density at radius 2 is 1.40 bits per heavy atom. The van der Waals surface area contributed by atoms with Gasteiger partial charge in [0, 0.05) is 47.7 Å². The fourth-order valence-electron chi connectivity index (χ4n) is 0.829. The summed E-state index contributed by atoms with van der Waals surface area (Å²) >= 11 is 2.74. The lowest BCUT2D eigenvalue weighted by molar-refractivity contribution is 0.702. The summed E-state index contributed by atoms with van der Waals surface area (Å²) in [5.74, 6) is 1.55. The predicted octanol–water partition coefficient (Wildman–Crippen LogP) is 2.11. The summed E-state index contributed by atoms with van der Waals surface area (Å²) in [5.41, 5.74) is 11.5. The Labute approximate surface area is 101 Å². The normalized spacial score (nSPS) is 14.5. The van der Waals surface area contributed by atoms with Crippen LogP contribution in [-0.4, -0.2) is 23.6 Å². The second-order valence-electron chi connectivity index (χ2n) is 3.21. The molecular formula is C10H20N2OS2. The summed E-state index contributed by atoms with van der Waals surface area (Å²) in [5, 5.41) is 0. The van der Waals surface area contributed by atoms with Crippen LogP contribution in [0, 0.1) is 0 Å². The summed E-state index contributed by atoms with van der Waals surface area (Å²) in [6, 6.07) is 0.241. The lowest BCUT2D eigenvalue weighted by atomic mass is 10.2. The van der Waals surface area contributed by atoms with E-state index in [9.17, 15) is 0 Å². The molecule has 5 heteroatoms. The molecule has 0 saturated carbocycles. The van der Waals surface area contributed by atoms with Crippen LogP contribution in [0.1, 0.15) is 12.8 Å². The monoisotopic (exact) mass is 248 g/mol. The van der Waals surface area contributed by atoms with Crippen LogP contribution in [0.15, 0.2) is 25.3 Å². The molecule has 0 aliphatic heterocycles. The van der Waals surface area contributed by atoms with Crippen molar-refractivity contribution in [2.24, 2.45) is 11.5 Å². The van der Waals surface area contributed by atoms with Gasteiger partial charge in [0.05, 0.1) is 0 Å². The first-order chi connectivity index (χ1) is 7.20. The van der Waals surface area contributed by atoms with Gasteiger partial charge in [-0.2, -0.15) is 0 Å². The minimum absolute atomic E-state index is 0.120. The topological polar surface area (TPSA) is 61.3 Å². The highest BCUT2D eigenvalue weighted by atomic mass is 32.2. The number of hydrogen-bond donors (Lipinski definition) is 2. The van der Waals surface area contributed by atoms with E-state index in [4.69, 9.17) is 15.1 Å². The molecule has 0 aromatic carbocycles. The summed E-state index contributed by atoms with van der Waals surface area (Å²) < 4.78 is 5.27. The van der Waals surface area contributed by atoms with Gasteiger partial charge in [0.25, 0.3) is 0 Å². The molecule has 0 rings (SSSR count). The number of rotatable bonds is 10. The minimum Gasteiger partial charge on any atom is -0.327 e. The van der Waals surface area contributed by atoms with Gasteiger partial charge >= 0.3 is 0 Å². The van der Waals surface area contributed by atoms with Crippen molar-refractivity contribution in [3.05, 3.63) is 25.3 Å². The molecule has 0 aliphatic carbocycles. The third-order valence-corrected chi connectivity index (χ3v) is 3.50. The van der Waals surface area contributed by atoms with Crippen molar-refractivity contribution in [1.29, 1.82) is 0 Å². The maximum atomic E-state index is 5.75. The third-order valence-electron chi connectivity index (χ3n) is 1.60. The third kappa shape index (κ3) is 10.3. The van der Waals surface area contributed by atoms with Crippen LogP contribution in [0.2, 0.25) is 0 Å². The van der Waals surface area contributed by atoms with Gasteiger partial charge in [-0.05, 0) is 12.8 Å². The SMILES string of the molecule is C=CCC(N)CSOSCC(N)CC=C. The van der Waals surface area contributed by atoms with Gasteiger partial charge in [-0.3, -0.25) is 0 Å². The summed E-state index contributed by atoms with van der Waals surface area (Å²) in [4.78, 5) is 0. The van der Waals surface area contributed by atoms with Crippen LogP contribution >= 0.6 is 24.1 Å². The first-order valence-corrected chi connectivity index (χ1v) is 6.66. The largest absolute Gasteiger partial charge is 0.327 e. The molecule has 2 atom stereocenters. The van der Waals surface area contributed by atoms with Crippen molar-refractivity contribution >= 4 is 24.1 Å². The van der Waals surface area contributed by atoms with Crippen LogP contribution in [0.5, 0.6) is 0 Å². The van der Waals surface area contributed by atoms with Crippen LogP contribution in [0.4, 0.5) is 0 Å². The second kappa shape index (κ2) is 10.6. The Bertz CT molecular complexity index is 161. The summed E-state index contributed by atoms with van der Waals surface area (Å²) in [6.45, 7) is 7.26. The van der Waals surface area contributed by atoms with Gasteiger partial charge in [0.15, 0.2) is 0 Å². The smallest absolute Gasteiger partial charge is 0.0365 e. The first-order valence-electron chi connectivity index (χ1n) is 4.84. The molecule has 0 heterocycles. The molecule has 0 radical (unpaired) electrons. The Balaban J connectivity index is 3.23. The Morgan fingerprint density at radius 1 is 1.00 bits per heavy atom. The highest BCUT2D eigenvalue weighted by Crippen LogP contribution is 2.17. The first kappa shape index (κ1) is 15.1. The quantitative estimate of drug-likeness (QED) is 0.352. The van der Waals surface area contributed by atoms with Crippen molar-refractivity contribution in [3.8, 4) is 0 Å². The highest BCUT2D eigenvalue weighted by Gasteiger charge is 2.03. The van der Waals surface area contributed by atoms with E-state index in [-0.39, 0.29) is 12.1 Å². The lowest BCUT2D eigenvalue weighted by Crippen LogP contribution is -2.22. The fourth-order valence-corrected chi connectivity index (χ4v) is 2.17. The fraction of sp³-hybridized carbons (Fsp3) is 0.600. The molecule has 0 aromatic heterocycles. The predicted molar refractivity (Wildman–Crippen MR) is 71.6 cm³/mol. The molecule has 15 heavy (non-hydrogen) atoms. The molecular weight excluding hydrogens is 228 g/mol. The van der Waals surface area contributed by atoms with E-state index in [1.165, 1.54) is 24.1 Å². The van der Waals surface area contributed by atoms with Crippen molar-refractivity contribution in [1.82, 2.24) is 0 Å². The van der Waals surface area contributed by atoms with E-state index in [0.717, 1.165) is 24.3 Å². The van der Waals surface area contributed by atoms with Crippen molar-refractivity contribution in [2.75, 3.05) is 11.5 Å². The summed E-state index contributed by atoms with van der Waals surface area (Å²) in [7, 11) is 0. The molecule has 0 aromatic rings. The summed E-state index contributed by atoms with van der Waals surface area (Å²) in [6.07, 6.45) is 5.27. The molecule has 4 N–H and O–H groups in total. The maximum Gasteiger partial charge on any atom is 0.0365 e. The Hall–Kier alpha value is 0.0600. The van der Waals surface area contributed by atoms with Gasteiger partial charge in [0.1, 0.15) is 0 Å². The van der Waals surface area contributed by atoms with Gasteiger partial charge < -0.3 is 11.5 Å². The van der Waals surface area contributed by atoms with E-state index in [1.54, 1.807) is 0 Å². The highest BCUT2D eigenvalue weighted by molar-refractivity contribution is 8.07. The standard InChI is InChI=1S/C10H20N2OS2/c1-3-5-9(11)7-14-13-15-8-10(12)6-4-2/h3-4,9-10H,1-2,5-8,11-12H2. The van der Waals surface area contributed by atoms with E-state index in [1.807, 2.05) is 12.2 Å². The van der Waals surface area contributed by atoms with Gasteiger partial charge in [-0.1, -0.05) is 12.2 Å². The molecule has 2 unspecified atom stereocenters. The van der Waals surface area contributed by atoms with Crippen molar-refractivity contribution in [3.63, 3.8) is 0 Å². The van der Waals surface area contributed by atoms with E-state index < -0.39 is 0 Å².